The molecular weight excluding hydrogens is 404 g/mol. The van der Waals surface area contributed by atoms with Crippen molar-refractivity contribution < 1.29 is 9.53 Å². The fraction of sp³-hybridized carbons (Fsp3) is 0.375. The van der Waals surface area contributed by atoms with E-state index in [0.717, 1.165) is 41.5 Å². The molecule has 4 aliphatic heterocycles. The maximum atomic E-state index is 11.6. The number of carbonyl (C=O) groups excluding carboxylic acids is 1. The van der Waals surface area contributed by atoms with Gasteiger partial charge in [-0.15, -0.1) is 0 Å². The first-order valence-corrected chi connectivity index (χ1v) is 11.0. The highest BCUT2D eigenvalue weighted by Gasteiger charge is 2.39. The molecule has 5 rings (SSSR count). The van der Waals surface area contributed by atoms with Crippen molar-refractivity contribution in [3.8, 4) is 0 Å². The van der Waals surface area contributed by atoms with Crippen LogP contribution in [0.4, 0.5) is 0 Å². The number of nitrogens with zero attached hydrogens (tertiary/aromatic N) is 3. The van der Waals surface area contributed by atoms with Crippen LogP contribution < -0.4 is 16.6 Å². The van der Waals surface area contributed by atoms with Crippen LogP contribution in [0.3, 0.4) is 0 Å². The number of ether oxygens (including phenoxy) is 1. The second kappa shape index (κ2) is 8.37. The van der Waals surface area contributed by atoms with Gasteiger partial charge < -0.3 is 20.8 Å². The Balaban J connectivity index is 1.60. The lowest BCUT2D eigenvalue weighted by atomic mass is 9.76. The third kappa shape index (κ3) is 3.65. The number of primary amides is 1. The van der Waals surface area contributed by atoms with E-state index in [4.69, 9.17) is 20.5 Å². The van der Waals surface area contributed by atoms with Crippen molar-refractivity contribution in [2.24, 2.45) is 21.6 Å². The first-order chi connectivity index (χ1) is 15.5. The normalized spacial score (nSPS) is 27.4. The molecule has 4 heterocycles. The number of nitrogens with one attached hydrogen (secondary N) is 2. The van der Waals surface area contributed by atoms with Gasteiger partial charge in [-0.3, -0.25) is 14.8 Å². The van der Waals surface area contributed by atoms with Crippen molar-refractivity contribution in [3.05, 3.63) is 65.0 Å². The minimum atomic E-state index is -0.425. The molecule has 0 spiro atoms. The van der Waals surface area contributed by atoms with Gasteiger partial charge in [-0.25, -0.2) is 5.43 Å². The number of hydrogen-bond donors (Lipinski definition) is 3. The number of nitrogens with two attached hydrogens (primary N) is 1. The summed E-state index contributed by atoms with van der Waals surface area (Å²) < 4.78 is 5.65. The van der Waals surface area contributed by atoms with Crippen LogP contribution >= 0.6 is 0 Å². The number of fused-ring (bicyclic) bond motifs is 1. The number of aliphatic imine (C=N–C) groups is 2. The maximum absolute atomic E-state index is 11.6. The van der Waals surface area contributed by atoms with E-state index in [0.29, 0.717) is 18.8 Å². The molecule has 0 saturated carbocycles. The molecule has 1 aromatic carbocycles. The molecule has 0 radical (unpaired) electrons. The number of rotatable bonds is 3. The zero-order chi connectivity index (χ0) is 22.2. The summed E-state index contributed by atoms with van der Waals surface area (Å²) in [6, 6.07) is 7.62. The molecule has 8 heteroatoms. The van der Waals surface area contributed by atoms with E-state index in [9.17, 15) is 4.79 Å². The summed E-state index contributed by atoms with van der Waals surface area (Å²) in [7, 11) is 0. The fourth-order valence-electron chi connectivity index (χ4n) is 4.76. The Hall–Kier alpha value is -3.23. The largest absolute Gasteiger partial charge is 0.377 e. The number of hydrazine groups is 1. The second-order valence-corrected chi connectivity index (χ2v) is 8.58. The van der Waals surface area contributed by atoms with Crippen molar-refractivity contribution in [1.82, 2.24) is 15.8 Å². The van der Waals surface area contributed by atoms with Gasteiger partial charge >= 0.3 is 0 Å². The highest BCUT2D eigenvalue weighted by Crippen LogP contribution is 2.40. The van der Waals surface area contributed by atoms with Gasteiger partial charge in [0.25, 0.3) is 0 Å². The van der Waals surface area contributed by atoms with Crippen LogP contribution in [0.5, 0.6) is 0 Å². The molecule has 3 atom stereocenters. The van der Waals surface area contributed by atoms with Gasteiger partial charge in [0.2, 0.25) is 5.91 Å². The lowest BCUT2D eigenvalue weighted by molar-refractivity contribution is 0.0334. The summed E-state index contributed by atoms with van der Waals surface area (Å²) in [6.45, 7) is 7.18. The summed E-state index contributed by atoms with van der Waals surface area (Å²) in [4.78, 5) is 23.9. The van der Waals surface area contributed by atoms with Crippen molar-refractivity contribution >= 4 is 23.0 Å². The molecular formula is C24H28N6O2. The van der Waals surface area contributed by atoms with Crippen molar-refractivity contribution in [2.75, 3.05) is 26.3 Å². The number of amides is 1. The molecule has 8 nitrogen and oxygen atoms in total. The average molecular weight is 433 g/mol. The minimum Gasteiger partial charge on any atom is -0.377 e. The molecule has 0 aliphatic carbocycles. The Morgan fingerprint density at radius 2 is 2.09 bits per heavy atom. The Morgan fingerprint density at radius 1 is 1.28 bits per heavy atom. The first-order valence-electron chi connectivity index (χ1n) is 11.0. The number of morpholine rings is 1. The molecule has 1 saturated heterocycles. The van der Waals surface area contributed by atoms with E-state index in [1.165, 1.54) is 5.57 Å². The summed E-state index contributed by atoms with van der Waals surface area (Å²) in [5.74, 6) is 0.585. The van der Waals surface area contributed by atoms with E-state index >= 15 is 0 Å². The SMILES string of the molecule is CC1=CN=C(C2=CCNN2)C2N=C(N3CCOC[C@H]3C)C=C(c3ccc(C(N)=O)cc3)C12. The molecule has 1 aromatic rings. The predicted octanol–water partition coefficient (Wildman–Crippen LogP) is 1.64. The maximum Gasteiger partial charge on any atom is 0.248 e. The topological polar surface area (TPSA) is 104 Å². The second-order valence-electron chi connectivity index (χ2n) is 8.58. The molecule has 4 aliphatic rings. The predicted molar refractivity (Wildman–Crippen MR) is 125 cm³/mol. The highest BCUT2D eigenvalue weighted by molar-refractivity contribution is 6.12. The fourth-order valence-corrected chi connectivity index (χ4v) is 4.76. The van der Waals surface area contributed by atoms with Crippen LogP contribution in [0, 0.1) is 5.92 Å². The molecule has 0 aromatic heterocycles. The lowest BCUT2D eigenvalue weighted by Crippen LogP contribution is -2.49. The van der Waals surface area contributed by atoms with Crippen molar-refractivity contribution in [2.45, 2.75) is 25.9 Å². The van der Waals surface area contributed by atoms with Gasteiger partial charge in [-0.1, -0.05) is 12.1 Å². The van der Waals surface area contributed by atoms with E-state index in [1.807, 2.05) is 18.3 Å². The number of hydrogen-bond acceptors (Lipinski definition) is 7. The van der Waals surface area contributed by atoms with E-state index in [1.54, 1.807) is 12.1 Å². The summed E-state index contributed by atoms with van der Waals surface area (Å²) in [5, 5.41) is 0. The third-order valence-corrected chi connectivity index (χ3v) is 6.46. The number of carbonyl (C=O) groups is 1. The number of benzene rings is 1. The number of amidine groups is 1. The smallest absolute Gasteiger partial charge is 0.248 e. The summed E-state index contributed by atoms with van der Waals surface area (Å²) >= 11 is 0. The Bertz CT molecular complexity index is 1080. The number of dihydropyridines is 1. The highest BCUT2D eigenvalue weighted by atomic mass is 16.5. The van der Waals surface area contributed by atoms with Crippen LogP contribution in [-0.4, -0.2) is 60.7 Å². The van der Waals surface area contributed by atoms with Crippen LogP contribution in [0.2, 0.25) is 0 Å². The monoisotopic (exact) mass is 432 g/mol. The lowest BCUT2D eigenvalue weighted by Gasteiger charge is -2.40. The Kier molecular flexibility index (Phi) is 5.40. The molecule has 32 heavy (non-hydrogen) atoms. The summed E-state index contributed by atoms with van der Waals surface area (Å²) in [6.07, 6.45) is 6.24. The van der Waals surface area contributed by atoms with Gasteiger partial charge in [0.15, 0.2) is 0 Å². The third-order valence-electron chi connectivity index (χ3n) is 6.46. The quantitative estimate of drug-likeness (QED) is 0.674. The van der Waals surface area contributed by atoms with Gasteiger partial charge in [-0.2, -0.15) is 0 Å². The molecule has 166 valence electrons. The van der Waals surface area contributed by atoms with Crippen LogP contribution in [0.15, 0.2) is 63.9 Å². The van der Waals surface area contributed by atoms with Gasteiger partial charge in [-0.05, 0) is 54.8 Å². The molecule has 2 unspecified atom stereocenters. The molecule has 1 fully saturated rings. The Morgan fingerprint density at radius 3 is 2.78 bits per heavy atom. The van der Waals surface area contributed by atoms with E-state index < -0.39 is 5.91 Å². The molecule has 4 N–H and O–H groups in total. The Labute approximate surface area is 187 Å². The summed E-state index contributed by atoms with van der Waals surface area (Å²) in [5.41, 5.74) is 17.6. The molecule has 0 bridgehead atoms. The van der Waals surface area contributed by atoms with Crippen LogP contribution in [0.25, 0.3) is 5.57 Å². The zero-order valence-corrected chi connectivity index (χ0v) is 18.3. The zero-order valence-electron chi connectivity index (χ0n) is 18.3. The van der Waals surface area contributed by atoms with Gasteiger partial charge in [0.05, 0.1) is 30.7 Å². The van der Waals surface area contributed by atoms with Crippen molar-refractivity contribution in [1.29, 1.82) is 0 Å². The van der Waals surface area contributed by atoms with Crippen molar-refractivity contribution in [3.63, 3.8) is 0 Å². The van der Waals surface area contributed by atoms with Gasteiger partial charge in [0.1, 0.15) is 11.9 Å². The van der Waals surface area contributed by atoms with Crippen LogP contribution in [0.1, 0.15) is 29.8 Å². The van der Waals surface area contributed by atoms with Gasteiger partial charge in [0, 0.05) is 30.8 Å². The van der Waals surface area contributed by atoms with Crippen LogP contribution in [-0.2, 0) is 4.74 Å². The first kappa shape index (κ1) is 20.7. The van der Waals surface area contributed by atoms with E-state index in [2.05, 4.69) is 41.8 Å². The van der Waals surface area contributed by atoms with E-state index in [-0.39, 0.29) is 18.0 Å². The minimum absolute atomic E-state index is 0.0605. The average Bonchev–Trinajstić information content (AvgIpc) is 3.34. The molecule has 1 amide bonds. The standard InChI is InChI=1S/C24H28N6O2/c1-14-12-26-22(19-7-8-27-29-19)23-21(14)18(16-3-5-17(6-4-16)24(25)31)11-20(28-23)30-9-10-32-13-15(30)2/h3-7,11-12,15,21,23,27,29H,8-10,13H2,1-2H3,(H2,25,31)/t15-,21?,23?/m1/s1.